The molecule has 0 saturated heterocycles. The maximum absolute atomic E-state index is 13.5. The van der Waals surface area contributed by atoms with Gasteiger partial charge in [-0.3, -0.25) is 0 Å². The minimum absolute atomic E-state index is 0.0116. The van der Waals surface area contributed by atoms with Crippen LogP contribution in [0, 0.1) is 17.1 Å². The highest BCUT2D eigenvalue weighted by atomic mass is 35.5. The molecule has 8 heteroatoms. The van der Waals surface area contributed by atoms with Crippen molar-refractivity contribution < 1.29 is 9.13 Å². The van der Waals surface area contributed by atoms with Gasteiger partial charge in [-0.1, -0.05) is 24.4 Å². The van der Waals surface area contributed by atoms with Gasteiger partial charge < -0.3 is 10.5 Å². The van der Waals surface area contributed by atoms with Crippen molar-refractivity contribution in [2.24, 2.45) is 5.73 Å². The number of benzene rings is 1. The van der Waals surface area contributed by atoms with Crippen molar-refractivity contribution in [1.82, 2.24) is 9.97 Å². The van der Waals surface area contributed by atoms with E-state index in [1.807, 2.05) is 6.07 Å². The molecule has 0 saturated carbocycles. The van der Waals surface area contributed by atoms with E-state index in [2.05, 4.69) is 9.97 Å². The normalized spacial score (nSPS) is 10.9. The molecule has 2 aromatic rings. The molecule has 0 atom stereocenters. The number of rotatable bonds is 4. The molecule has 0 unspecified atom stereocenters. The number of aromatic nitrogens is 2. The third-order valence-electron chi connectivity index (χ3n) is 2.45. The van der Waals surface area contributed by atoms with E-state index in [4.69, 9.17) is 39.6 Å². The van der Waals surface area contributed by atoms with Gasteiger partial charge in [0.15, 0.2) is 0 Å². The maximum atomic E-state index is 13.5. The summed E-state index contributed by atoms with van der Waals surface area (Å²) in [5.41, 5.74) is 6.19. The highest BCUT2D eigenvalue weighted by Gasteiger charge is 2.09. The van der Waals surface area contributed by atoms with Crippen molar-refractivity contribution >= 4 is 34.9 Å². The van der Waals surface area contributed by atoms with E-state index in [0.717, 1.165) is 6.20 Å². The van der Waals surface area contributed by atoms with Crippen LogP contribution < -0.4 is 10.5 Å². The molecule has 0 bridgehead atoms. The topological polar surface area (TPSA) is 84.8 Å². The number of nitrogens with two attached hydrogens (primary N) is 1. The Morgan fingerprint density at radius 1 is 1.50 bits per heavy atom. The summed E-state index contributed by atoms with van der Waals surface area (Å²) in [7, 11) is 0. The smallest absolute Gasteiger partial charge is 0.260 e. The summed E-state index contributed by atoms with van der Waals surface area (Å²) < 4.78 is 18.8. The Labute approximate surface area is 135 Å². The molecule has 1 aromatic heterocycles. The fraction of sp³-hybridized carbons (Fsp3) is 0. The molecule has 0 fully saturated rings. The third kappa shape index (κ3) is 3.97. The quantitative estimate of drug-likeness (QED) is 0.400. The van der Waals surface area contributed by atoms with E-state index < -0.39 is 5.82 Å². The first kappa shape index (κ1) is 15.8. The van der Waals surface area contributed by atoms with Gasteiger partial charge in [-0.05, 0) is 35.4 Å². The number of nitriles is 1. The van der Waals surface area contributed by atoms with Crippen molar-refractivity contribution in [2.45, 2.75) is 0 Å². The predicted molar refractivity (Wildman–Crippen MR) is 83.9 cm³/mol. The number of hydrogen-bond acceptors (Lipinski definition) is 5. The number of nitrogens with zero attached hydrogens (tertiary/aromatic N) is 3. The van der Waals surface area contributed by atoms with Crippen molar-refractivity contribution in [1.29, 1.82) is 5.26 Å². The molecule has 5 nitrogen and oxygen atoms in total. The van der Waals surface area contributed by atoms with Gasteiger partial charge in [0, 0.05) is 0 Å². The van der Waals surface area contributed by atoms with Crippen LogP contribution in [0.15, 0.2) is 36.0 Å². The molecule has 1 heterocycles. The number of ether oxygens (including phenoxy) is 1. The fourth-order valence-electron chi connectivity index (χ4n) is 1.51. The summed E-state index contributed by atoms with van der Waals surface area (Å²) in [5.74, 6) is -0.732. The molecular weight excluding hydrogens is 327 g/mol. The van der Waals surface area contributed by atoms with Crippen LogP contribution >= 0.6 is 23.8 Å². The van der Waals surface area contributed by atoms with Crippen LogP contribution in [0.25, 0.3) is 6.08 Å². The minimum atomic E-state index is -0.744. The molecule has 0 spiro atoms. The Hall–Kier alpha value is -2.56. The maximum Gasteiger partial charge on any atom is 0.260 e. The molecule has 110 valence electrons. The Balaban J connectivity index is 2.31. The largest absolute Gasteiger partial charge is 0.436 e. The summed E-state index contributed by atoms with van der Waals surface area (Å²) in [5, 5.41) is 8.80. The van der Waals surface area contributed by atoms with Gasteiger partial charge in [0.1, 0.15) is 16.8 Å². The lowest BCUT2D eigenvalue weighted by Gasteiger charge is -2.06. The van der Waals surface area contributed by atoms with E-state index in [1.165, 1.54) is 6.08 Å². The van der Waals surface area contributed by atoms with Crippen molar-refractivity contribution in [3.8, 4) is 17.7 Å². The summed E-state index contributed by atoms with van der Waals surface area (Å²) in [4.78, 5) is 7.13. The second-order valence-corrected chi connectivity index (χ2v) is 4.78. The van der Waals surface area contributed by atoms with E-state index >= 15 is 0 Å². The molecule has 2 N–H and O–H groups in total. The molecule has 0 aliphatic rings. The van der Waals surface area contributed by atoms with Gasteiger partial charge in [0.2, 0.25) is 11.1 Å². The molecule has 2 rings (SSSR count). The van der Waals surface area contributed by atoms with E-state index in [9.17, 15) is 4.39 Å². The summed E-state index contributed by atoms with van der Waals surface area (Å²) in [6.45, 7) is 0. The van der Waals surface area contributed by atoms with Gasteiger partial charge in [-0.2, -0.15) is 14.6 Å². The Morgan fingerprint density at radius 2 is 2.27 bits per heavy atom. The SMILES string of the molecule is N#C/C(=C\c1cccc(Oc2nc(Cl)ncc2F)c1)C(N)=S. The fourth-order valence-corrected chi connectivity index (χ4v) is 1.74. The minimum Gasteiger partial charge on any atom is -0.436 e. The van der Waals surface area contributed by atoms with Crippen LogP contribution in [0.3, 0.4) is 0 Å². The molecule has 1 aromatic carbocycles. The number of halogens is 2. The van der Waals surface area contributed by atoms with Gasteiger partial charge in [-0.25, -0.2) is 4.98 Å². The Kier molecular flexibility index (Phi) is 4.99. The van der Waals surface area contributed by atoms with Gasteiger partial charge in [-0.15, -0.1) is 0 Å². The van der Waals surface area contributed by atoms with Crippen LogP contribution in [0.5, 0.6) is 11.6 Å². The molecule has 0 aliphatic heterocycles. The lowest BCUT2D eigenvalue weighted by atomic mass is 10.1. The molecular formula is C14H8ClFN4OS. The monoisotopic (exact) mass is 334 g/mol. The average Bonchev–Trinajstić information content (AvgIpc) is 2.48. The molecule has 0 radical (unpaired) electrons. The lowest BCUT2D eigenvalue weighted by molar-refractivity contribution is 0.420. The highest BCUT2D eigenvalue weighted by Crippen LogP contribution is 2.24. The van der Waals surface area contributed by atoms with Gasteiger partial charge >= 0.3 is 0 Å². The molecule has 0 aliphatic carbocycles. The predicted octanol–water partition coefficient (Wildman–Crippen LogP) is 3.25. The summed E-state index contributed by atoms with van der Waals surface area (Å²) >= 11 is 10.4. The van der Waals surface area contributed by atoms with Crippen LogP contribution in [0.1, 0.15) is 5.56 Å². The number of hydrogen-bond donors (Lipinski definition) is 1. The zero-order chi connectivity index (χ0) is 16.1. The molecule has 22 heavy (non-hydrogen) atoms. The number of thiocarbonyl (C=S) groups is 1. The second-order valence-electron chi connectivity index (χ2n) is 4.00. The van der Waals surface area contributed by atoms with E-state index in [0.29, 0.717) is 11.3 Å². The second kappa shape index (κ2) is 6.93. The third-order valence-corrected chi connectivity index (χ3v) is 2.85. The van der Waals surface area contributed by atoms with Crippen LogP contribution in [-0.2, 0) is 0 Å². The first-order valence-electron chi connectivity index (χ1n) is 5.87. The standard InChI is InChI=1S/C14H8ClFN4OS/c15-14-19-7-11(16)13(20-14)21-10-3-1-2-8(5-10)4-9(6-17)12(18)22/h1-5,7H,(H2,18,22)/b9-4+. The van der Waals surface area contributed by atoms with Crippen molar-refractivity contribution in [3.63, 3.8) is 0 Å². The Morgan fingerprint density at radius 3 is 2.95 bits per heavy atom. The van der Waals surface area contributed by atoms with E-state index in [-0.39, 0.29) is 21.7 Å². The average molecular weight is 335 g/mol. The first-order valence-corrected chi connectivity index (χ1v) is 6.66. The zero-order valence-corrected chi connectivity index (χ0v) is 12.5. The summed E-state index contributed by atoms with van der Waals surface area (Å²) in [6.07, 6.45) is 2.41. The van der Waals surface area contributed by atoms with Crippen LogP contribution in [0.2, 0.25) is 5.28 Å². The van der Waals surface area contributed by atoms with Crippen molar-refractivity contribution in [2.75, 3.05) is 0 Å². The zero-order valence-electron chi connectivity index (χ0n) is 11.0. The van der Waals surface area contributed by atoms with Crippen LogP contribution in [-0.4, -0.2) is 15.0 Å². The lowest BCUT2D eigenvalue weighted by Crippen LogP contribution is -2.09. The van der Waals surface area contributed by atoms with Gasteiger partial charge in [0.25, 0.3) is 5.88 Å². The first-order chi connectivity index (χ1) is 10.5. The van der Waals surface area contributed by atoms with Crippen LogP contribution in [0.4, 0.5) is 4.39 Å². The van der Waals surface area contributed by atoms with Crippen molar-refractivity contribution in [3.05, 3.63) is 52.7 Å². The van der Waals surface area contributed by atoms with Gasteiger partial charge in [0.05, 0.1) is 11.8 Å². The summed E-state index contributed by atoms with van der Waals surface area (Å²) in [6, 6.07) is 8.44. The highest BCUT2D eigenvalue weighted by molar-refractivity contribution is 7.80. The van der Waals surface area contributed by atoms with E-state index in [1.54, 1.807) is 24.3 Å². The molecule has 0 amide bonds. The Bertz CT molecular complexity index is 804.